The van der Waals surface area contributed by atoms with E-state index in [1.165, 1.54) is 0 Å². The second kappa shape index (κ2) is 11.0. The summed E-state index contributed by atoms with van der Waals surface area (Å²) in [5.74, 6) is 0.371. The average molecular weight is 384 g/mol. The molecule has 1 aromatic carbocycles. The summed E-state index contributed by atoms with van der Waals surface area (Å²) in [6, 6.07) is 7.33. The van der Waals surface area contributed by atoms with Gasteiger partial charge in [0.15, 0.2) is 0 Å². The first-order chi connectivity index (χ1) is 12.0. The summed E-state index contributed by atoms with van der Waals surface area (Å²) in [6.45, 7) is 2.63. The van der Waals surface area contributed by atoms with Gasteiger partial charge in [-0.15, -0.1) is 12.4 Å². The molecular weight excluding hydrogens is 354 g/mol. The summed E-state index contributed by atoms with van der Waals surface area (Å²) in [5, 5.41) is 2.83. The summed E-state index contributed by atoms with van der Waals surface area (Å²) in [4.78, 5) is 26.9. The van der Waals surface area contributed by atoms with Gasteiger partial charge in [-0.3, -0.25) is 9.59 Å². The Morgan fingerprint density at radius 2 is 2.04 bits per heavy atom. The lowest BCUT2D eigenvalue weighted by Gasteiger charge is -2.31. The number of anilines is 1. The lowest BCUT2D eigenvalue weighted by Crippen LogP contribution is -2.44. The molecule has 0 aliphatic heterocycles. The highest BCUT2D eigenvalue weighted by molar-refractivity contribution is 5.96. The monoisotopic (exact) mass is 383 g/mol. The van der Waals surface area contributed by atoms with E-state index in [1.54, 1.807) is 24.1 Å². The molecule has 2 unspecified atom stereocenters. The number of methoxy groups -OCH3 is 1. The average Bonchev–Trinajstić information content (AvgIpc) is 2.61. The number of nitrogens with two attached hydrogens (primary N) is 1. The van der Waals surface area contributed by atoms with Gasteiger partial charge in [-0.1, -0.05) is 25.5 Å². The van der Waals surface area contributed by atoms with E-state index in [1.807, 2.05) is 19.1 Å². The molecule has 0 bridgehead atoms. The fraction of sp³-hybridized carbons (Fsp3) is 0.579. The van der Waals surface area contributed by atoms with Gasteiger partial charge in [0.25, 0.3) is 0 Å². The molecule has 1 saturated carbocycles. The molecule has 2 amide bonds. The molecule has 1 fully saturated rings. The first-order valence-corrected chi connectivity index (χ1v) is 9.02. The molecule has 2 atom stereocenters. The van der Waals surface area contributed by atoms with Crippen LogP contribution in [0.4, 0.5) is 5.69 Å². The first-order valence-electron chi connectivity index (χ1n) is 9.02. The largest absolute Gasteiger partial charge is 0.495 e. The van der Waals surface area contributed by atoms with Gasteiger partial charge >= 0.3 is 0 Å². The number of amides is 2. The van der Waals surface area contributed by atoms with Crippen LogP contribution in [0.25, 0.3) is 0 Å². The van der Waals surface area contributed by atoms with Crippen molar-refractivity contribution in [2.45, 2.75) is 45.1 Å². The number of rotatable bonds is 7. The van der Waals surface area contributed by atoms with Gasteiger partial charge in [-0.05, 0) is 37.8 Å². The number of hydrogen-bond donors (Lipinski definition) is 2. The summed E-state index contributed by atoms with van der Waals surface area (Å²) in [7, 11) is 1.56. The highest BCUT2D eigenvalue weighted by Crippen LogP contribution is 2.26. The second-order valence-electron chi connectivity index (χ2n) is 6.63. The summed E-state index contributed by atoms with van der Waals surface area (Å²) >= 11 is 0. The third-order valence-electron chi connectivity index (χ3n) is 4.58. The van der Waals surface area contributed by atoms with E-state index in [9.17, 15) is 9.59 Å². The van der Waals surface area contributed by atoms with Gasteiger partial charge < -0.3 is 20.7 Å². The van der Waals surface area contributed by atoms with Crippen molar-refractivity contribution >= 4 is 29.9 Å². The number of carbonyl (C=O) groups excluding carboxylic acids is 2. The van der Waals surface area contributed by atoms with Gasteiger partial charge in [0, 0.05) is 18.5 Å². The van der Waals surface area contributed by atoms with Crippen molar-refractivity contribution < 1.29 is 14.3 Å². The quantitative estimate of drug-likeness (QED) is 0.758. The minimum absolute atomic E-state index is 0. The molecule has 0 saturated heterocycles. The van der Waals surface area contributed by atoms with E-state index in [0.717, 1.165) is 25.7 Å². The Labute approximate surface area is 161 Å². The zero-order valence-corrected chi connectivity index (χ0v) is 16.4. The number of para-hydroxylation sites is 2. The van der Waals surface area contributed by atoms with Crippen LogP contribution in [0.3, 0.4) is 0 Å². The van der Waals surface area contributed by atoms with Crippen LogP contribution in [0.15, 0.2) is 24.3 Å². The van der Waals surface area contributed by atoms with Crippen molar-refractivity contribution in [1.82, 2.24) is 4.90 Å². The Morgan fingerprint density at radius 1 is 1.31 bits per heavy atom. The number of ether oxygens (including phenoxy) is 1. The molecule has 6 nitrogen and oxygen atoms in total. The standard InChI is InChI=1S/C19H29N3O3.ClH/c1-3-11-22(19(24)14-7-6-8-15(20)12-14)13-18(23)21-16-9-4-5-10-17(16)25-2;/h4-5,9-10,14-15H,3,6-8,11-13,20H2,1-2H3,(H,21,23);1H. The van der Waals surface area contributed by atoms with Crippen molar-refractivity contribution in [2.75, 3.05) is 25.5 Å². The molecule has 0 aromatic heterocycles. The Balaban J connectivity index is 0.00000338. The second-order valence-corrected chi connectivity index (χ2v) is 6.63. The van der Waals surface area contributed by atoms with E-state index in [-0.39, 0.29) is 42.7 Å². The first kappa shape index (κ1) is 22.3. The fourth-order valence-corrected chi connectivity index (χ4v) is 3.36. The summed E-state index contributed by atoms with van der Waals surface area (Å²) < 4.78 is 5.24. The molecule has 0 radical (unpaired) electrons. The maximum absolute atomic E-state index is 12.8. The zero-order valence-electron chi connectivity index (χ0n) is 15.6. The molecule has 1 aliphatic rings. The van der Waals surface area contributed by atoms with E-state index in [2.05, 4.69) is 5.32 Å². The Morgan fingerprint density at radius 3 is 2.69 bits per heavy atom. The summed E-state index contributed by atoms with van der Waals surface area (Å²) in [5.41, 5.74) is 6.62. The summed E-state index contributed by atoms with van der Waals surface area (Å²) in [6.07, 6.45) is 4.34. The molecule has 1 aliphatic carbocycles. The minimum Gasteiger partial charge on any atom is -0.495 e. The van der Waals surface area contributed by atoms with Crippen LogP contribution in [0.2, 0.25) is 0 Å². The lowest BCUT2D eigenvalue weighted by molar-refractivity contribution is -0.139. The number of hydrogen-bond acceptors (Lipinski definition) is 4. The van der Waals surface area contributed by atoms with E-state index < -0.39 is 0 Å². The predicted octanol–water partition coefficient (Wildman–Crippen LogP) is 2.81. The molecular formula is C19H30ClN3O3. The smallest absolute Gasteiger partial charge is 0.244 e. The lowest BCUT2D eigenvalue weighted by atomic mass is 9.85. The molecule has 0 spiro atoms. The van der Waals surface area contributed by atoms with Crippen LogP contribution in [-0.4, -0.2) is 43.0 Å². The SMILES string of the molecule is CCCN(CC(=O)Nc1ccccc1OC)C(=O)C1CCCC(N)C1.Cl. The molecule has 7 heteroatoms. The molecule has 3 N–H and O–H groups in total. The van der Waals surface area contributed by atoms with Gasteiger partial charge in [0.1, 0.15) is 5.75 Å². The highest BCUT2D eigenvalue weighted by Gasteiger charge is 2.29. The number of halogens is 1. The number of carbonyl (C=O) groups is 2. The molecule has 0 heterocycles. The topological polar surface area (TPSA) is 84.7 Å². The van der Waals surface area contributed by atoms with Crippen LogP contribution in [-0.2, 0) is 9.59 Å². The van der Waals surface area contributed by atoms with Crippen LogP contribution >= 0.6 is 12.4 Å². The Kier molecular flexibility index (Phi) is 9.44. The van der Waals surface area contributed by atoms with Crippen molar-refractivity contribution in [3.05, 3.63) is 24.3 Å². The number of nitrogens with zero attached hydrogens (tertiary/aromatic N) is 1. The molecule has 2 rings (SSSR count). The predicted molar refractivity (Wildman–Crippen MR) is 106 cm³/mol. The van der Waals surface area contributed by atoms with Crippen LogP contribution in [0.1, 0.15) is 39.0 Å². The highest BCUT2D eigenvalue weighted by atomic mass is 35.5. The van der Waals surface area contributed by atoms with Crippen molar-refractivity contribution in [3.63, 3.8) is 0 Å². The van der Waals surface area contributed by atoms with E-state index >= 15 is 0 Å². The fourth-order valence-electron chi connectivity index (χ4n) is 3.36. The van der Waals surface area contributed by atoms with Crippen molar-refractivity contribution in [1.29, 1.82) is 0 Å². The third-order valence-corrected chi connectivity index (χ3v) is 4.58. The maximum atomic E-state index is 12.8. The number of benzene rings is 1. The zero-order chi connectivity index (χ0) is 18.2. The minimum atomic E-state index is -0.216. The Bertz CT molecular complexity index is 597. The molecule has 26 heavy (non-hydrogen) atoms. The van der Waals surface area contributed by atoms with Gasteiger partial charge in [-0.25, -0.2) is 0 Å². The van der Waals surface area contributed by atoms with Crippen LogP contribution in [0, 0.1) is 5.92 Å². The molecule has 146 valence electrons. The van der Waals surface area contributed by atoms with E-state index in [0.29, 0.717) is 24.4 Å². The number of nitrogens with one attached hydrogen (secondary N) is 1. The normalized spacial score (nSPS) is 19.2. The van der Waals surface area contributed by atoms with Crippen molar-refractivity contribution in [2.24, 2.45) is 11.7 Å². The van der Waals surface area contributed by atoms with E-state index in [4.69, 9.17) is 10.5 Å². The van der Waals surface area contributed by atoms with Gasteiger partial charge in [0.05, 0.1) is 19.3 Å². The van der Waals surface area contributed by atoms with Crippen molar-refractivity contribution in [3.8, 4) is 5.75 Å². The van der Waals surface area contributed by atoms with Gasteiger partial charge in [-0.2, -0.15) is 0 Å². The third kappa shape index (κ3) is 6.18. The van der Waals surface area contributed by atoms with Crippen LogP contribution in [0.5, 0.6) is 5.75 Å². The van der Waals surface area contributed by atoms with Gasteiger partial charge in [0.2, 0.25) is 11.8 Å². The molecule has 1 aromatic rings. The maximum Gasteiger partial charge on any atom is 0.244 e. The van der Waals surface area contributed by atoms with Crippen LogP contribution < -0.4 is 15.8 Å². The Hall–Kier alpha value is -1.79.